The number of fused-ring (bicyclic) bond motifs is 1. The van der Waals surface area contributed by atoms with Gasteiger partial charge in [-0.25, -0.2) is 0 Å². The summed E-state index contributed by atoms with van der Waals surface area (Å²) in [7, 11) is 0. The molecule has 0 atom stereocenters. The molecule has 1 fully saturated rings. The SMILES string of the molecule is CC1(CN)CCN(C(=O)c2cccc3ccccc23)CC1. The molecule has 2 aromatic rings. The van der Waals surface area contributed by atoms with Gasteiger partial charge in [0, 0.05) is 18.7 Å². The molecule has 0 bridgehead atoms. The van der Waals surface area contributed by atoms with Crippen LogP contribution in [0.15, 0.2) is 42.5 Å². The average Bonchev–Trinajstić information content (AvgIpc) is 2.54. The molecular weight excluding hydrogens is 260 g/mol. The average molecular weight is 282 g/mol. The largest absolute Gasteiger partial charge is 0.339 e. The number of carbonyl (C=O) groups excluding carboxylic acids is 1. The van der Waals surface area contributed by atoms with E-state index in [4.69, 9.17) is 5.73 Å². The highest BCUT2D eigenvalue weighted by molar-refractivity contribution is 6.07. The van der Waals surface area contributed by atoms with Crippen LogP contribution >= 0.6 is 0 Å². The van der Waals surface area contributed by atoms with E-state index in [0.29, 0.717) is 6.54 Å². The van der Waals surface area contributed by atoms with Crippen molar-refractivity contribution in [3.05, 3.63) is 48.0 Å². The van der Waals surface area contributed by atoms with Gasteiger partial charge in [0.25, 0.3) is 5.91 Å². The molecule has 0 unspecified atom stereocenters. The molecule has 1 saturated heterocycles. The second kappa shape index (κ2) is 5.49. The zero-order valence-corrected chi connectivity index (χ0v) is 12.5. The number of likely N-dealkylation sites (tertiary alicyclic amines) is 1. The minimum absolute atomic E-state index is 0.144. The van der Waals surface area contributed by atoms with E-state index >= 15 is 0 Å². The number of carbonyl (C=O) groups is 1. The fraction of sp³-hybridized carbons (Fsp3) is 0.389. The van der Waals surface area contributed by atoms with Gasteiger partial charge >= 0.3 is 0 Å². The molecule has 1 aliphatic rings. The highest BCUT2D eigenvalue weighted by Crippen LogP contribution is 2.30. The van der Waals surface area contributed by atoms with Crippen LogP contribution < -0.4 is 5.73 Å². The molecule has 1 amide bonds. The number of nitrogens with zero attached hydrogens (tertiary/aromatic N) is 1. The van der Waals surface area contributed by atoms with Gasteiger partial charge in [-0.15, -0.1) is 0 Å². The Hall–Kier alpha value is -1.87. The summed E-state index contributed by atoms with van der Waals surface area (Å²) in [4.78, 5) is 14.8. The van der Waals surface area contributed by atoms with Crippen LogP contribution in [0.1, 0.15) is 30.1 Å². The third-order valence-corrected chi connectivity index (χ3v) is 4.77. The maximum absolute atomic E-state index is 12.8. The van der Waals surface area contributed by atoms with E-state index in [9.17, 15) is 4.79 Å². The second-order valence-corrected chi connectivity index (χ2v) is 6.33. The van der Waals surface area contributed by atoms with Crippen LogP contribution in [-0.4, -0.2) is 30.4 Å². The lowest BCUT2D eigenvalue weighted by atomic mass is 9.80. The third kappa shape index (κ3) is 2.66. The maximum atomic E-state index is 12.8. The molecule has 2 N–H and O–H groups in total. The number of benzene rings is 2. The molecule has 0 saturated carbocycles. The van der Waals surface area contributed by atoms with Crippen molar-refractivity contribution in [1.29, 1.82) is 0 Å². The lowest BCUT2D eigenvalue weighted by Crippen LogP contribution is -2.44. The molecule has 2 aromatic carbocycles. The van der Waals surface area contributed by atoms with Gasteiger partial charge in [0.1, 0.15) is 0 Å². The van der Waals surface area contributed by atoms with Gasteiger partial charge in [-0.1, -0.05) is 43.3 Å². The molecule has 3 rings (SSSR count). The Balaban J connectivity index is 1.85. The highest BCUT2D eigenvalue weighted by atomic mass is 16.2. The molecule has 3 nitrogen and oxygen atoms in total. The van der Waals surface area contributed by atoms with Crippen LogP contribution in [0.2, 0.25) is 0 Å². The van der Waals surface area contributed by atoms with E-state index in [-0.39, 0.29) is 11.3 Å². The fourth-order valence-electron chi connectivity index (χ4n) is 3.04. The molecule has 110 valence electrons. The van der Waals surface area contributed by atoms with Gasteiger partial charge < -0.3 is 10.6 Å². The van der Waals surface area contributed by atoms with Crippen LogP contribution in [0.25, 0.3) is 10.8 Å². The Morgan fingerprint density at radius 3 is 2.52 bits per heavy atom. The first-order valence-corrected chi connectivity index (χ1v) is 7.60. The molecule has 1 aliphatic heterocycles. The Labute approximate surface area is 125 Å². The molecular formula is C18H22N2O. The maximum Gasteiger partial charge on any atom is 0.254 e. The van der Waals surface area contributed by atoms with E-state index < -0.39 is 0 Å². The Morgan fingerprint density at radius 2 is 1.81 bits per heavy atom. The first-order valence-electron chi connectivity index (χ1n) is 7.60. The topological polar surface area (TPSA) is 46.3 Å². The van der Waals surface area contributed by atoms with E-state index in [0.717, 1.165) is 42.3 Å². The summed E-state index contributed by atoms with van der Waals surface area (Å²) in [5, 5.41) is 2.16. The number of piperidine rings is 1. The summed E-state index contributed by atoms with van der Waals surface area (Å²) < 4.78 is 0. The molecule has 3 heteroatoms. The molecule has 0 aromatic heterocycles. The van der Waals surface area contributed by atoms with Crippen molar-refractivity contribution in [3.8, 4) is 0 Å². The van der Waals surface area contributed by atoms with Gasteiger partial charge in [-0.3, -0.25) is 4.79 Å². The fourth-order valence-corrected chi connectivity index (χ4v) is 3.04. The van der Waals surface area contributed by atoms with Crippen molar-refractivity contribution >= 4 is 16.7 Å². The van der Waals surface area contributed by atoms with Crippen LogP contribution in [-0.2, 0) is 0 Å². The third-order valence-electron chi connectivity index (χ3n) is 4.77. The zero-order valence-electron chi connectivity index (χ0n) is 12.5. The summed E-state index contributed by atoms with van der Waals surface area (Å²) in [6.07, 6.45) is 1.97. The van der Waals surface area contributed by atoms with E-state index in [2.05, 4.69) is 6.92 Å². The van der Waals surface area contributed by atoms with Gasteiger partial charge in [0.15, 0.2) is 0 Å². The summed E-state index contributed by atoms with van der Waals surface area (Å²) in [5.74, 6) is 0.144. The van der Waals surface area contributed by atoms with Crippen LogP contribution in [0.5, 0.6) is 0 Å². The summed E-state index contributed by atoms with van der Waals surface area (Å²) >= 11 is 0. The molecule has 0 radical (unpaired) electrons. The van der Waals surface area contributed by atoms with Crippen molar-refractivity contribution < 1.29 is 4.79 Å². The number of nitrogens with two attached hydrogens (primary N) is 1. The number of hydrogen-bond donors (Lipinski definition) is 1. The predicted octanol–water partition coefficient (Wildman–Crippen LogP) is 3.04. The van der Waals surface area contributed by atoms with Crippen molar-refractivity contribution in [3.63, 3.8) is 0 Å². The van der Waals surface area contributed by atoms with Crippen molar-refractivity contribution in [1.82, 2.24) is 4.90 Å². The molecule has 0 spiro atoms. The molecule has 0 aliphatic carbocycles. The Bertz CT molecular complexity index is 652. The lowest BCUT2D eigenvalue weighted by Gasteiger charge is -2.38. The molecule has 21 heavy (non-hydrogen) atoms. The van der Waals surface area contributed by atoms with E-state index in [1.54, 1.807) is 0 Å². The van der Waals surface area contributed by atoms with Gasteiger partial charge in [0.05, 0.1) is 0 Å². The number of hydrogen-bond acceptors (Lipinski definition) is 2. The lowest BCUT2D eigenvalue weighted by molar-refractivity contribution is 0.0619. The minimum Gasteiger partial charge on any atom is -0.339 e. The van der Waals surface area contributed by atoms with Crippen LogP contribution in [0.3, 0.4) is 0 Å². The zero-order chi connectivity index (χ0) is 14.9. The predicted molar refractivity (Wildman–Crippen MR) is 86.2 cm³/mol. The van der Waals surface area contributed by atoms with Crippen molar-refractivity contribution in [2.24, 2.45) is 11.1 Å². The highest BCUT2D eigenvalue weighted by Gasteiger charge is 2.31. The Kier molecular flexibility index (Phi) is 3.68. The summed E-state index contributed by atoms with van der Waals surface area (Å²) in [5.41, 5.74) is 6.84. The normalized spacial score (nSPS) is 17.9. The standard InChI is InChI=1S/C18H22N2O/c1-18(13-19)9-11-20(12-10-18)17(21)16-8-4-6-14-5-2-3-7-15(14)16/h2-8H,9-13,19H2,1H3. The first kappa shape index (κ1) is 14.1. The first-order chi connectivity index (χ1) is 10.1. The van der Waals surface area contributed by atoms with Gasteiger partial charge in [0.2, 0.25) is 0 Å². The molecule has 1 heterocycles. The van der Waals surface area contributed by atoms with Crippen molar-refractivity contribution in [2.75, 3.05) is 19.6 Å². The summed E-state index contributed by atoms with van der Waals surface area (Å²) in [6, 6.07) is 14.0. The van der Waals surface area contributed by atoms with Gasteiger partial charge in [-0.05, 0) is 41.6 Å². The van der Waals surface area contributed by atoms with Crippen LogP contribution in [0, 0.1) is 5.41 Å². The van der Waals surface area contributed by atoms with E-state index in [1.807, 2.05) is 47.4 Å². The summed E-state index contributed by atoms with van der Waals surface area (Å²) in [6.45, 7) is 4.52. The number of rotatable bonds is 2. The Morgan fingerprint density at radius 1 is 1.14 bits per heavy atom. The van der Waals surface area contributed by atoms with Crippen molar-refractivity contribution in [2.45, 2.75) is 19.8 Å². The smallest absolute Gasteiger partial charge is 0.254 e. The quantitative estimate of drug-likeness (QED) is 0.920. The monoisotopic (exact) mass is 282 g/mol. The number of amides is 1. The van der Waals surface area contributed by atoms with Crippen LogP contribution in [0.4, 0.5) is 0 Å². The van der Waals surface area contributed by atoms with E-state index in [1.165, 1.54) is 0 Å². The van der Waals surface area contributed by atoms with Gasteiger partial charge in [-0.2, -0.15) is 0 Å². The minimum atomic E-state index is 0.144. The second-order valence-electron chi connectivity index (χ2n) is 6.33.